The van der Waals surface area contributed by atoms with Crippen LogP contribution < -0.4 is 15.0 Å². The van der Waals surface area contributed by atoms with Crippen LogP contribution in [-0.2, 0) is 4.74 Å². The molecule has 1 aliphatic rings. The van der Waals surface area contributed by atoms with Gasteiger partial charge in [-0.2, -0.15) is 0 Å². The summed E-state index contributed by atoms with van der Waals surface area (Å²) in [6.07, 6.45) is 4.97. The number of carbonyl (C=O) groups is 1. The third-order valence-electron chi connectivity index (χ3n) is 6.47. The van der Waals surface area contributed by atoms with Crippen molar-refractivity contribution in [1.82, 2.24) is 24.5 Å². The number of halogens is 1. The zero-order valence-electron chi connectivity index (χ0n) is 23.3. The van der Waals surface area contributed by atoms with E-state index in [4.69, 9.17) is 14.5 Å². The fourth-order valence-corrected chi connectivity index (χ4v) is 7.30. The summed E-state index contributed by atoms with van der Waals surface area (Å²) in [5.41, 5.74) is 2.45. The van der Waals surface area contributed by atoms with Gasteiger partial charge in [-0.3, -0.25) is 4.98 Å². The molecule has 1 saturated heterocycles. The van der Waals surface area contributed by atoms with E-state index >= 15 is 0 Å². The Morgan fingerprint density at radius 1 is 1.20 bits per heavy atom. The molecule has 2 N–H and O–H groups in total. The van der Waals surface area contributed by atoms with Gasteiger partial charge in [0.1, 0.15) is 34.8 Å². The highest BCUT2D eigenvalue weighted by molar-refractivity contribution is 9.10. The van der Waals surface area contributed by atoms with Crippen LogP contribution in [0.15, 0.2) is 59.6 Å². The lowest BCUT2D eigenvalue weighted by Gasteiger charge is -2.41. The van der Waals surface area contributed by atoms with E-state index in [0.717, 1.165) is 21.5 Å². The lowest BCUT2D eigenvalue weighted by Crippen LogP contribution is -2.61. The topological polar surface area (TPSA) is 126 Å². The van der Waals surface area contributed by atoms with Gasteiger partial charge >= 0.3 is 6.09 Å². The van der Waals surface area contributed by atoms with E-state index in [1.54, 1.807) is 17.0 Å². The number of anilines is 3. The number of amides is 1. The first kappa shape index (κ1) is 28.7. The first-order valence-electron chi connectivity index (χ1n) is 13.2. The van der Waals surface area contributed by atoms with E-state index < -0.39 is 14.6 Å². The van der Waals surface area contributed by atoms with Crippen LogP contribution in [0, 0.1) is 6.92 Å². The molecule has 3 aromatic heterocycles. The van der Waals surface area contributed by atoms with Gasteiger partial charge in [0.15, 0.2) is 14.8 Å². The van der Waals surface area contributed by atoms with Gasteiger partial charge in [-0.15, -0.1) is 0 Å². The Balaban J connectivity index is 1.38. The molecule has 0 aliphatic carbocycles. The molecule has 5 rings (SSSR count). The number of nitrogens with zero attached hydrogens (tertiary/aromatic N) is 6. The highest BCUT2D eigenvalue weighted by atomic mass is 79.9. The van der Waals surface area contributed by atoms with Gasteiger partial charge in [0.2, 0.25) is 0 Å². The predicted octanol–water partition coefficient (Wildman–Crippen LogP) is 4.88. The Bertz CT molecular complexity index is 1550. The molecule has 0 saturated carbocycles. The van der Waals surface area contributed by atoms with E-state index in [9.17, 15) is 9.90 Å². The van der Waals surface area contributed by atoms with Gasteiger partial charge in [-0.1, -0.05) is 0 Å². The Morgan fingerprint density at radius 3 is 2.73 bits per heavy atom. The number of rotatable bonds is 6. The molecule has 0 unspecified atom stereocenters. The Kier molecular flexibility index (Phi) is 8.38. The maximum absolute atomic E-state index is 12.8. The average Bonchev–Trinajstić information content (AvgIpc) is 2.93. The highest BCUT2D eigenvalue weighted by Gasteiger charge is 2.35. The van der Waals surface area contributed by atoms with Crippen LogP contribution >= 0.6 is 15.9 Å². The molecule has 1 atom stereocenters. The Morgan fingerprint density at radius 2 is 2.02 bits per heavy atom. The quantitative estimate of drug-likeness (QED) is 0.283. The summed E-state index contributed by atoms with van der Waals surface area (Å²) >= 11 is 3.66. The van der Waals surface area contributed by atoms with Crippen molar-refractivity contribution in [2.24, 2.45) is 0 Å². The molecule has 4 aromatic rings. The molecule has 13 heteroatoms. The molecule has 41 heavy (non-hydrogen) atoms. The second kappa shape index (κ2) is 12.0. The number of carbonyl (C=O) groups excluding carboxylic acids is 1. The number of hydrogen-bond donors (Lipinski definition) is 2. The third-order valence-corrected chi connectivity index (χ3v) is 9.68. The van der Waals surface area contributed by atoms with Crippen molar-refractivity contribution in [1.29, 1.82) is 0 Å². The number of ether oxygens (including phenoxy) is 2. The molecule has 1 fully saturated rings. The van der Waals surface area contributed by atoms with Crippen LogP contribution in [0.4, 0.5) is 22.1 Å². The third kappa shape index (κ3) is 6.74. The van der Waals surface area contributed by atoms with E-state index in [1.165, 1.54) is 6.33 Å². The van der Waals surface area contributed by atoms with Crippen molar-refractivity contribution in [3.63, 3.8) is 0 Å². The van der Waals surface area contributed by atoms with Crippen LogP contribution in [0.3, 0.4) is 0 Å². The lowest BCUT2D eigenvalue weighted by molar-refractivity contribution is 0.0371. The highest BCUT2D eigenvalue weighted by Crippen LogP contribution is 2.33. The van der Waals surface area contributed by atoms with Gasteiger partial charge in [-0.25, -0.2) is 19.7 Å². The summed E-state index contributed by atoms with van der Waals surface area (Å²) in [6, 6.07) is 11.4. The summed E-state index contributed by atoms with van der Waals surface area (Å²) < 4.78 is 14.0. The smallest absolute Gasteiger partial charge is 0.402 e. The molecule has 214 valence electrons. The Labute approximate surface area is 248 Å². The van der Waals surface area contributed by atoms with Crippen LogP contribution in [0.2, 0.25) is 0 Å². The monoisotopic (exact) mass is 637 g/mol. The van der Waals surface area contributed by atoms with Gasteiger partial charge in [0.05, 0.1) is 22.4 Å². The minimum Gasteiger partial charge on any atom is -0.455 e. The second-order valence-corrected chi connectivity index (χ2v) is 14.3. The van der Waals surface area contributed by atoms with E-state index in [-0.39, 0.29) is 12.3 Å². The van der Waals surface area contributed by atoms with Gasteiger partial charge in [0.25, 0.3) is 0 Å². The number of aromatic nitrogens is 4. The molecular formula is C28H32BrN7O4Si. The van der Waals surface area contributed by atoms with Crippen LogP contribution in [-0.4, -0.2) is 75.7 Å². The van der Waals surface area contributed by atoms with Gasteiger partial charge in [0, 0.05) is 31.1 Å². The number of aliphatic hydroxyl groups excluding tert-OH is 1. The van der Waals surface area contributed by atoms with Crippen molar-refractivity contribution < 1.29 is 19.4 Å². The van der Waals surface area contributed by atoms with Crippen molar-refractivity contribution in [2.45, 2.75) is 33.3 Å². The fourth-order valence-electron chi connectivity index (χ4n) is 4.54. The van der Waals surface area contributed by atoms with E-state index in [0.29, 0.717) is 47.7 Å². The van der Waals surface area contributed by atoms with Crippen LogP contribution in [0.25, 0.3) is 11.0 Å². The molecular weight excluding hydrogens is 606 g/mol. The zero-order valence-corrected chi connectivity index (χ0v) is 26.1. The largest absolute Gasteiger partial charge is 0.455 e. The maximum atomic E-state index is 12.8. The fraction of sp³-hybridized carbons (Fsp3) is 0.321. The summed E-state index contributed by atoms with van der Waals surface area (Å²) in [5, 5.41) is 13.5. The zero-order chi connectivity index (χ0) is 29.1. The number of fused-ring (bicyclic) bond motifs is 1. The molecule has 1 aromatic carbocycles. The SMILES string of the molecule is Cc1cc(Nc2ncnc3cc(Br)c(N4CCN(C(=O)OC(C)(C)C)[Si@H](CO)C4)nc23)ccc1Oc1cccnc1. The first-order valence-corrected chi connectivity index (χ1v) is 16.2. The minimum atomic E-state index is -2.07. The molecule has 4 heterocycles. The van der Waals surface area contributed by atoms with Gasteiger partial charge in [-0.05, 0) is 85.6 Å². The standard InChI is InChI=1S/C28H32BrN7O4Si/c1-18-12-19(7-8-23(18)39-20-6-5-9-30-14-20)33-25-24-22(31-15-32-25)13-21(29)26(34-24)35-10-11-36(41(16-35)17-37)27(38)40-28(2,3)4/h5-9,12-15,37,41H,10-11,16-17H2,1-4H3,(H,31,32,33)/t41-/m0/s1. The predicted molar refractivity (Wildman–Crippen MR) is 163 cm³/mol. The first-order chi connectivity index (χ1) is 19.6. The summed E-state index contributed by atoms with van der Waals surface area (Å²) in [5.74, 6) is 2.67. The number of aryl methyl sites for hydroxylation is 1. The van der Waals surface area contributed by atoms with Crippen molar-refractivity contribution in [3.05, 3.63) is 65.2 Å². The van der Waals surface area contributed by atoms with Crippen molar-refractivity contribution >= 4 is 59.3 Å². The number of aliphatic hydroxyl groups is 1. The summed E-state index contributed by atoms with van der Waals surface area (Å²) in [4.78, 5) is 32.8. The molecule has 0 bridgehead atoms. The van der Waals surface area contributed by atoms with Crippen LogP contribution in [0.5, 0.6) is 11.5 Å². The second-order valence-electron chi connectivity index (χ2n) is 10.7. The van der Waals surface area contributed by atoms with Crippen molar-refractivity contribution in [2.75, 3.05) is 35.7 Å². The Hall–Kier alpha value is -3.81. The van der Waals surface area contributed by atoms with E-state index in [2.05, 4.69) is 41.1 Å². The maximum Gasteiger partial charge on any atom is 0.402 e. The summed E-state index contributed by atoms with van der Waals surface area (Å²) in [7, 11) is -2.07. The number of hydrogen-bond acceptors (Lipinski definition) is 10. The molecule has 0 radical (unpaired) electrons. The van der Waals surface area contributed by atoms with E-state index in [1.807, 2.05) is 64.1 Å². The lowest BCUT2D eigenvalue weighted by atomic mass is 10.2. The molecule has 0 spiro atoms. The molecule has 11 nitrogen and oxygen atoms in total. The van der Waals surface area contributed by atoms with Crippen molar-refractivity contribution in [3.8, 4) is 11.5 Å². The van der Waals surface area contributed by atoms with Crippen LogP contribution in [0.1, 0.15) is 26.3 Å². The average molecular weight is 639 g/mol. The van der Waals surface area contributed by atoms with Gasteiger partial charge < -0.3 is 29.4 Å². The normalized spacial score (nSPS) is 15.6. The molecule has 1 amide bonds. The molecule has 1 aliphatic heterocycles. The number of nitrogens with one attached hydrogen (secondary N) is 1. The number of benzene rings is 1. The summed E-state index contributed by atoms with van der Waals surface area (Å²) in [6.45, 7) is 8.49. The minimum absolute atomic E-state index is 0.0588. The number of pyridine rings is 2.